The zero-order valence-corrected chi connectivity index (χ0v) is 18.4. The molecular weight excluding hydrogens is 400 g/mol. The van der Waals surface area contributed by atoms with Crippen LogP contribution >= 0.6 is 0 Å². The first-order valence-electron chi connectivity index (χ1n) is 9.65. The average molecular weight is 431 g/mol. The van der Waals surface area contributed by atoms with Crippen LogP contribution in [-0.2, 0) is 24.7 Å². The Bertz CT molecular complexity index is 869. The summed E-state index contributed by atoms with van der Waals surface area (Å²) in [5.41, 5.74) is 1.08. The second-order valence-electron chi connectivity index (χ2n) is 7.43. The van der Waals surface area contributed by atoms with Crippen molar-refractivity contribution in [3.63, 3.8) is 0 Å². The van der Waals surface area contributed by atoms with Crippen molar-refractivity contribution in [3.05, 3.63) is 29.8 Å². The Kier molecular flexibility index (Phi) is 7.64. The van der Waals surface area contributed by atoms with Crippen molar-refractivity contribution in [1.29, 1.82) is 0 Å². The van der Waals surface area contributed by atoms with Gasteiger partial charge in [-0.15, -0.1) is 0 Å². The van der Waals surface area contributed by atoms with E-state index < -0.39 is 19.9 Å². The Labute approximate surface area is 168 Å². The van der Waals surface area contributed by atoms with Crippen molar-refractivity contribution in [3.8, 4) is 0 Å². The van der Waals surface area contributed by atoms with Crippen LogP contribution in [0.5, 0.6) is 0 Å². The second kappa shape index (κ2) is 9.37. The molecule has 0 unspecified atom stereocenters. The summed E-state index contributed by atoms with van der Waals surface area (Å²) in [5.74, 6) is -0.186. The van der Waals surface area contributed by atoms with Gasteiger partial charge in [-0.05, 0) is 36.5 Å². The average Bonchev–Trinajstić information content (AvgIpc) is 2.68. The predicted molar refractivity (Wildman–Crippen MR) is 109 cm³/mol. The van der Waals surface area contributed by atoms with Crippen molar-refractivity contribution in [2.45, 2.75) is 44.4 Å². The van der Waals surface area contributed by atoms with E-state index in [1.165, 1.54) is 4.31 Å². The highest BCUT2D eigenvalue weighted by atomic mass is 32.2. The number of carbonyl (C=O) groups excluding carboxylic acids is 1. The molecule has 0 saturated carbocycles. The molecule has 158 valence electrons. The molecule has 28 heavy (non-hydrogen) atoms. The van der Waals surface area contributed by atoms with Gasteiger partial charge in [-0.25, -0.2) is 16.8 Å². The third kappa shape index (κ3) is 5.78. The molecule has 0 aromatic heterocycles. The summed E-state index contributed by atoms with van der Waals surface area (Å²) in [5, 5.41) is 2.66. The summed E-state index contributed by atoms with van der Waals surface area (Å²) >= 11 is 0. The number of nitrogens with zero attached hydrogens (tertiary/aromatic N) is 1. The minimum absolute atomic E-state index is 0.0528. The van der Waals surface area contributed by atoms with Crippen molar-refractivity contribution in [2.75, 3.05) is 31.1 Å². The molecule has 0 radical (unpaired) electrons. The van der Waals surface area contributed by atoms with Gasteiger partial charge in [0.2, 0.25) is 15.9 Å². The maximum absolute atomic E-state index is 12.8. The molecule has 0 aliphatic carbocycles. The summed E-state index contributed by atoms with van der Waals surface area (Å²) < 4.78 is 50.0. The van der Waals surface area contributed by atoms with E-state index in [0.29, 0.717) is 18.8 Å². The predicted octanol–water partition coefficient (Wildman–Crippen LogP) is 1.76. The van der Waals surface area contributed by atoms with Crippen LogP contribution in [0.2, 0.25) is 0 Å². The molecule has 1 aromatic carbocycles. The number of hydrogen-bond acceptors (Lipinski definition) is 5. The third-order valence-electron chi connectivity index (χ3n) is 5.16. The van der Waals surface area contributed by atoms with E-state index >= 15 is 0 Å². The largest absolute Gasteiger partial charge is 0.355 e. The minimum Gasteiger partial charge on any atom is -0.355 e. The number of sulfone groups is 1. The number of benzene rings is 1. The van der Waals surface area contributed by atoms with Crippen LogP contribution in [0.4, 0.5) is 0 Å². The molecule has 1 saturated heterocycles. The van der Waals surface area contributed by atoms with Crippen LogP contribution in [0.15, 0.2) is 29.2 Å². The Morgan fingerprint density at radius 2 is 1.68 bits per heavy atom. The smallest absolute Gasteiger partial charge is 0.243 e. The van der Waals surface area contributed by atoms with Gasteiger partial charge in [0.05, 0.1) is 10.6 Å². The van der Waals surface area contributed by atoms with Gasteiger partial charge in [-0.3, -0.25) is 4.79 Å². The first-order chi connectivity index (χ1) is 13.1. The molecule has 1 N–H and O–H groups in total. The van der Waals surface area contributed by atoms with E-state index in [1.807, 2.05) is 12.1 Å². The van der Waals surface area contributed by atoms with Crippen LogP contribution < -0.4 is 5.32 Å². The number of piperidine rings is 1. The Morgan fingerprint density at radius 1 is 1.11 bits per heavy atom. The number of hydrogen-bond donors (Lipinski definition) is 1. The molecule has 9 heteroatoms. The molecule has 1 aromatic rings. The first kappa shape index (κ1) is 22.8. The molecule has 1 aliphatic heterocycles. The zero-order valence-electron chi connectivity index (χ0n) is 16.7. The summed E-state index contributed by atoms with van der Waals surface area (Å²) in [7, 11) is -6.69. The highest BCUT2D eigenvalue weighted by Gasteiger charge is 2.32. The molecule has 1 amide bonds. The lowest BCUT2D eigenvalue weighted by Gasteiger charge is -2.30. The van der Waals surface area contributed by atoms with Gasteiger partial charge in [0.15, 0.2) is 9.84 Å². The Hall–Kier alpha value is -1.45. The Morgan fingerprint density at radius 3 is 2.18 bits per heavy atom. The maximum atomic E-state index is 12.8. The highest BCUT2D eigenvalue weighted by molar-refractivity contribution is 7.91. The van der Waals surface area contributed by atoms with Gasteiger partial charge in [0.1, 0.15) is 0 Å². The van der Waals surface area contributed by atoms with Gasteiger partial charge in [-0.1, -0.05) is 32.9 Å². The van der Waals surface area contributed by atoms with Crippen LogP contribution in [0.25, 0.3) is 0 Å². The minimum atomic E-state index is -3.57. The molecule has 0 atom stereocenters. The fourth-order valence-corrected chi connectivity index (χ4v) is 5.32. The molecule has 0 bridgehead atoms. The lowest BCUT2D eigenvalue weighted by atomic mass is 9.97. The molecule has 7 nitrogen and oxygen atoms in total. The highest BCUT2D eigenvalue weighted by Crippen LogP contribution is 2.25. The monoisotopic (exact) mass is 430 g/mol. The number of rotatable bonds is 8. The maximum Gasteiger partial charge on any atom is 0.243 e. The third-order valence-corrected chi connectivity index (χ3v) is 8.78. The lowest BCUT2D eigenvalue weighted by Crippen LogP contribution is -2.43. The van der Waals surface area contributed by atoms with Crippen molar-refractivity contribution >= 4 is 25.8 Å². The van der Waals surface area contributed by atoms with E-state index in [9.17, 15) is 21.6 Å². The van der Waals surface area contributed by atoms with Crippen molar-refractivity contribution in [1.82, 2.24) is 9.62 Å². The van der Waals surface area contributed by atoms with E-state index in [2.05, 4.69) is 19.2 Å². The van der Waals surface area contributed by atoms with Crippen LogP contribution in [0, 0.1) is 5.92 Å². The van der Waals surface area contributed by atoms with Gasteiger partial charge < -0.3 is 5.32 Å². The molecule has 1 heterocycles. The Balaban J connectivity index is 1.90. The summed E-state index contributed by atoms with van der Waals surface area (Å²) in [6, 6.07) is 6.94. The zero-order chi connectivity index (χ0) is 20.9. The molecule has 1 aliphatic rings. The van der Waals surface area contributed by atoms with Gasteiger partial charge in [0.25, 0.3) is 0 Å². The van der Waals surface area contributed by atoms with Crippen LogP contribution in [0.1, 0.15) is 45.1 Å². The number of amides is 1. The van der Waals surface area contributed by atoms with E-state index in [1.54, 1.807) is 19.1 Å². The summed E-state index contributed by atoms with van der Waals surface area (Å²) in [6.45, 7) is 6.33. The van der Waals surface area contributed by atoms with Crippen molar-refractivity contribution < 1.29 is 21.6 Å². The van der Waals surface area contributed by atoms with Gasteiger partial charge >= 0.3 is 0 Å². The normalized spacial score (nSPS) is 17.0. The van der Waals surface area contributed by atoms with Crippen molar-refractivity contribution in [2.24, 2.45) is 5.92 Å². The SMILES string of the molecule is CCS(=O)(=O)CCNC(=O)C1CCN(S(=O)(=O)c2ccc(C(C)C)cc2)CC1. The number of nitrogens with one attached hydrogen (secondary N) is 1. The standard InChI is InChI=1S/C19H30N2O5S2/c1-4-27(23,24)14-11-20-19(22)17-9-12-21(13-10-17)28(25,26)18-7-5-16(6-8-18)15(2)3/h5-8,15,17H,4,9-14H2,1-3H3,(H,20,22). The quantitative estimate of drug-likeness (QED) is 0.677. The lowest BCUT2D eigenvalue weighted by molar-refractivity contribution is -0.125. The molecule has 1 fully saturated rings. The van der Waals surface area contributed by atoms with E-state index in [4.69, 9.17) is 0 Å². The topological polar surface area (TPSA) is 101 Å². The van der Waals surface area contributed by atoms with E-state index in [0.717, 1.165) is 5.56 Å². The molecule has 0 spiro atoms. The second-order valence-corrected chi connectivity index (χ2v) is 11.8. The van der Waals surface area contributed by atoms with E-state index in [-0.39, 0.29) is 47.9 Å². The fraction of sp³-hybridized carbons (Fsp3) is 0.632. The fourth-order valence-electron chi connectivity index (χ4n) is 3.15. The molecular formula is C19H30N2O5S2. The summed E-state index contributed by atoms with van der Waals surface area (Å²) in [6.07, 6.45) is 0.853. The first-order valence-corrected chi connectivity index (χ1v) is 12.9. The van der Waals surface area contributed by atoms with Crippen LogP contribution in [-0.4, -0.2) is 58.2 Å². The van der Waals surface area contributed by atoms with Gasteiger partial charge in [0, 0.05) is 31.3 Å². The summed E-state index contributed by atoms with van der Waals surface area (Å²) in [4.78, 5) is 12.5. The van der Waals surface area contributed by atoms with Crippen LogP contribution in [0.3, 0.4) is 0 Å². The van der Waals surface area contributed by atoms with Gasteiger partial charge in [-0.2, -0.15) is 4.31 Å². The number of sulfonamides is 1. The number of carbonyl (C=O) groups is 1. The molecule has 2 rings (SSSR count).